The van der Waals surface area contributed by atoms with Crippen LogP contribution in [0.1, 0.15) is 36.8 Å². The molecule has 154 valence electrons. The minimum absolute atomic E-state index is 0.0119. The van der Waals surface area contributed by atoms with E-state index in [4.69, 9.17) is 9.47 Å². The van der Waals surface area contributed by atoms with Crippen LogP contribution in [-0.2, 0) is 17.7 Å². The van der Waals surface area contributed by atoms with E-state index in [1.807, 2.05) is 0 Å². The number of hydrogen-bond donors (Lipinski definition) is 0. The van der Waals surface area contributed by atoms with Crippen LogP contribution in [0.25, 0.3) is 11.3 Å². The van der Waals surface area contributed by atoms with Crippen molar-refractivity contribution in [3.8, 4) is 17.0 Å². The topological polar surface area (TPSA) is 53.3 Å². The number of carbonyl (C=O) groups excluding carboxylic acids is 1. The smallest absolute Gasteiger partial charge is 0.391 e. The fourth-order valence-electron chi connectivity index (χ4n) is 2.78. The van der Waals surface area contributed by atoms with Crippen LogP contribution in [0.4, 0.5) is 17.6 Å². The summed E-state index contributed by atoms with van der Waals surface area (Å²) in [6, 6.07) is 4.39. The molecule has 2 aromatic rings. The second-order valence-electron chi connectivity index (χ2n) is 6.23. The van der Waals surface area contributed by atoms with Crippen LogP contribution in [-0.4, -0.2) is 35.6 Å². The molecule has 1 atom stereocenters. The van der Waals surface area contributed by atoms with Crippen molar-refractivity contribution in [2.24, 2.45) is 5.92 Å². The lowest BCUT2D eigenvalue weighted by atomic mass is 9.98. The molecule has 0 radical (unpaired) electrons. The molecule has 9 heteroatoms. The standard InChI is InChI=1S/C19H22F4N2O3/c1-5-25-17(15(20)16(24-25)18(26)28-6-2)13-8-7-12(10-14(13)27-4)9-11(3)19(21,22)23/h7-8,10-11H,5-6,9H2,1-4H3/t11-/m1/s1. The molecule has 0 aliphatic rings. The first kappa shape index (κ1) is 21.7. The molecule has 0 saturated heterocycles. The fraction of sp³-hybridized carbons (Fsp3) is 0.474. The van der Waals surface area contributed by atoms with Crippen molar-refractivity contribution < 1.29 is 31.8 Å². The zero-order chi connectivity index (χ0) is 21.1. The summed E-state index contributed by atoms with van der Waals surface area (Å²) < 4.78 is 64.8. The largest absolute Gasteiger partial charge is 0.496 e. The van der Waals surface area contributed by atoms with Crippen molar-refractivity contribution in [2.45, 2.75) is 39.9 Å². The third-order valence-corrected chi connectivity index (χ3v) is 4.28. The van der Waals surface area contributed by atoms with E-state index in [1.54, 1.807) is 13.8 Å². The van der Waals surface area contributed by atoms with E-state index in [0.29, 0.717) is 5.56 Å². The number of halogens is 4. The normalized spacial score (nSPS) is 12.7. The second-order valence-corrected chi connectivity index (χ2v) is 6.23. The van der Waals surface area contributed by atoms with Gasteiger partial charge in [0.25, 0.3) is 0 Å². The van der Waals surface area contributed by atoms with Gasteiger partial charge in [-0.3, -0.25) is 4.68 Å². The van der Waals surface area contributed by atoms with Gasteiger partial charge in [0.15, 0.2) is 5.82 Å². The van der Waals surface area contributed by atoms with E-state index < -0.39 is 29.6 Å². The lowest BCUT2D eigenvalue weighted by Crippen LogP contribution is -2.21. The Labute approximate surface area is 160 Å². The van der Waals surface area contributed by atoms with Gasteiger partial charge in [0.05, 0.1) is 19.6 Å². The summed E-state index contributed by atoms with van der Waals surface area (Å²) in [5.74, 6) is -3.09. The Kier molecular flexibility index (Phi) is 6.69. The van der Waals surface area contributed by atoms with Crippen LogP contribution in [0.5, 0.6) is 5.75 Å². The molecule has 1 aromatic heterocycles. The van der Waals surface area contributed by atoms with Gasteiger partial charge >= 0.3 is 12.1 Å². The number of benzene rings is 1. The number of esters is 1. The number of nitrogens with zero attached hydrogens (tertiary/aromatic N) is 2. The monoisotopic (exact) mass is 402 g/mol. The first-order chi connectivity index (χ1) is 13.1. The molecule has 28 heavy (non-hydrogen) atoms. The molecule has 0 saturated carbocycles. The summed E-state index contributed by atoms with van der Waals surface area (Å²) in [6.07, 6.45) is -4.54. The van der Waals surface area contributed by atoms with Crippen LogP contribution in [0.2, 0.25) is 0 Å². The van der Waals surface area contributed by atoms with E-state index in [-0.39, 0.29) is 36.6 Å². The van der Waals surface area contributed by atoms with Crippen molar-refractivity contribution in [2.75, 3.05) is 13.7 Å². The molecule has 0 N–H and O–H groups in total. The van der Waals surface area contributed by atoms with E-state index >= 15 is 0 Å². The highest BCUT2D eigenvalue weighted by Gasteiger charge is 2.36. The molecule has 5 nitrogen and oxygen atoms in total. The quantitative estimate of drug-likeness (QED) is 0.500. The molecule has 0 aliphatic carbocycles. The summed E-state index contributed by atoms with van der Waals surface area (Å²) >= 11 is 0. The molecule has 2 rings (SSSR count). The molecular weight excluding hydrogens is 380 g/mol. The number of alkyl halides is 3. The number of aromatic nitrogens is 2. The van der Waals surface area contributed by atoms with Crippen LogP contribution in [0.3, 0.4) is 0 Å². The summed E-state index contributed by atoms with van der Waals surface area (Å²) in [5, 5.41) is 3.96. The van der Waals surface area contributed by atoms with Crippen LogP contribution in [0, 0.1) is 11.7 Å². The van der Waals surface area contributed by atoms with Crippen molar-refractivity contribution >= 4 is 5.97 Å². The molecule has 0 unspecified atom stereocenters. The van der Waals surface area contributed by atoms with Gasteiger partial charge in [0.1, 0.15) is 11.4 Å². The molecule has 0 aliphatic heterocycles. The molecule has 0 amide bonds. The third kappa shape index (κ3) is 4.45. The first-order valence-electron chi connectivity index (χ1n) is 8.81. The van der Waals surface area contributed by atoms with Gasteiger partial charge in [-0.1, -0.05) is 13.0 Å². The maximum absolute atomic E-state index is 14.9. The maximum atomic E-state index is 14.9. The SMILES string of the molecule is CCOC(=O)c1nn(CC)c(-c2ccc(C[C@@H](C)C(F)(F)F)cc2OC)c1F. The minimum atomic E-state index is -4.31. The molecule has 1 heterocycles. The number of carbonyl (C=O) groups is 1. The molecule has 0 spiro atoms. The van der Waals surface area contributed by atoms with Gasteiger partial charge in [-0.25, -0.2) is 9.18 Å². The van der Waals surface area contributed by atoms with E-state index in [1.165, 1.54) is 30.0 Å². The van der Waals surface area contributed by atoms with Gasteiger partial charge in [-0.2, -0.15) is 18.3 Å². The summed E-state index contributed by atoms with van der Waals surface area (Å²) in [4.78, 5) is 11.9. The Morgan fingerprint density at radius 2 is 1.96 bits per heavy atom. The van der Waals surface area contributed by atoms with Crippen molar-refractivity contribution in [3.63, 3.8) is 0 Å². The summed E-state index contributed by atoms with van der Waals surface area (Å²) in [7, 11) is 1.34. The molecule has 1 aromatic carbocycles. The van der Waals surface area contributed by atoms with Gasteiger partial charge in [0.2, 0.25) is 5.69 Å². The number of rotatable bonds is 7. The van der Waals surface area contributed by atoms with Gasteiger partial charge < -0.3 is 9.47 Å². The average Bonchev–Trinajstić information content (AvgIpc) is 2.97. The fourth-order valence-corrected chi connectivity index (χ4v) is 2.78. The molecular formula is C19H22F4N2O3. The van der Waals surface area contributed by atoms with Crippen molar-refractivity contribution in [1.82, 2.24) is 9.78 Å². The lowest BCUT2D eigenvalue weighted by molar-refractivity contribution is -0.169. The van der Waals surface area contributed by atoms with Crippen molar-refractivity contribution in [3.05, 3.63) is 35.3 Å². The Hall–Kier alpha value is -2.58. The maximum Gasteiger partial charge on any atom is 0.391 e. The summed E-state index contributed by atoms with van der Waals surface area (Å²) in [6.45, 7) is 4.75. The number of hydrogen-bond acceptors (Lipinski definition) is 4. The average molecular weight is 402 g/mol. The Morgan fingerprint density at radius 1 is 1.29 bits per heavy atom. The van der Waals surface area contributed by atoms with Gasteiger partial charge in [-0.05, 0) is 38.0 Å². The highest BCUT2D eigenvalue weighted by Crippen LogP contribution is 2.36. The lowest BCUT2D eigenvalue weighted by Gasteiger charge is -2.17. The predicted octanol–water partition coefficient (Wildman–Crippen LogP) is 4.64. The van der Waals surface area contributed by atoms with E-state index in [0.717, 1.165) is 6.92 Å². The zero-order valence-electron chi connectivity index (χ0n) is 16.1. The highest BCUT2D eigenvalue weighted by molar-refractivity contribution is 5.89. The summed E-state index contributed by atoms with van der Waals surface area (Å²) in [5.41, 5.74) is 0.251. The van der Waals surface area contributed by atoms with Crippen LogP contribution in [0.15, 0.2) is 18.2 Å². The predicted molar refractivity (Wildman–Crippen MR) is 94.7 cm³/mol. The Morgan fingerprint density at radius 3 is 2.50 bits per heavy atom. The highest BCUT2D eigenvalue weighted by atomic mass is 19.4. The van der Waals surface area contributed by atoms with Gasteiger partial charge in [0, 0.05) is 12.1 Å². The van der Waals surface area contributed by atoms with Crippen LogP contribution >= 0.6 is 0 Å². The van der Waals surface area contributed by atoms with E-state index in [2.05, 4.69) is 5.10 Å². The number of methoxy groups -OCH3 is 1. The Balaban J connectivity index is 2.49. The number of aryl methyl sites for hydroxylation is 1. The third-order valence-electron chi connectivity index (χ3n) is 4.28. The van der Waals surface area contributed by atoms with Gasteiger partial charge in [-0.15, -0.1) is 0 Å². The molecule has 0 bridgehead atoms. The minimum Gasteiger partial charge on any atom is -0.496 e. The number of ether oxygens (including phenoxy) is 2. The second kappa shape index (κ2) is 8.62. The first-order valence-corrected chi connectivity index (χ1v) is 8.81. The van der Waals surface area contributed by atoms with E-state index in [9.17, 15) is 22.4 Å². The van der Waals surface area contributed by atoms with Crippen molar-refractivity contribution in [1.29, 1.82) is 0 Å². The van der Waals surface area contributed by atoms with Crippen LogP contribution < -0.4 is 4.74 Å². The zero-order valence-corrected chi connectivity index (χ0v) is 16.1. The Bertz CT molecular complexity index is 846. The molecule has 0 fully saturated rings.